The number of carbonyl (C=O) groups is 1. The zero-order valence-electron chi connectivity index (χ0n) is 16.0. The fourth-order valence-corrected chi connectivity index (χ4v) is 2.56. The van der Waals surface area contributed by atoms with Crippen LogP contribution in [0.5, 0.6) is 5.75 Å². The Labute approximate surface area is 156 Å². The Bertz CT molecular complexity index is 783. The summed E-state index contributed by atoms with van der Waals surface area (Å²) >= 11 is 0. The van der Waals surface area contributed by atoms with Crippen molar-refractivity contribution < 1.29 is 9.53 Å². The smallest absolute Gasteiger partial charge is 0.226 e. The van der Waals surface area contributed by atoms with Crippen LogP contribution < -0.4 is 9.64 Å². The Hall–Kier alpha value is -2.80. The average Bonchev–Trinajstić information content (AvgIpc) is 2.64. The molecular formula is C22H26N2O2. The Kier molecular flexibility index (Phi) is 6.41. The molecule has 0 atom stereocenters. The molecule has 0 fully saturated rings. The largest absolute Gasteiger partial charge is 0.494 e. The molecule has 0 aromatic heterocycles. The van der Waals surface area contributed by atoms with Gasteiger partial charge in [-0.3, -0.25) is 4.79 Å². The molecule has 4 heteroatoms. The van der Waals surface area contributed by atoms with Crippen LogP contribution >= 0.6 is 0 Å². The summed E-state index contributed by atoms with van der Waals surface area (Å²) in [5, 5.41) is 8.96. The fourth-order valence-electron chi connectivity index (χ4n) is 2.56. The highest BCUT2D eigenvalue weighted by molar-refractivity contribution is 5.92. The number of nitriles is 1. The molecule has 0 bridgehead atoms. The average molecular weight is 350 g/mol. The number of benzene rings is 2. The van der Waals surface area contributed by atoms with E-state index in [1.54, 1.807) is 30.1 Å². The van der Waals surface area contributed by atoms with E-state index < -0.39 is 0 Å². The molecule has 1 amide bonds. The van der Waals surface area contributed by atoms with E-state index in [4.69, 9.17) is 10.00 Å². The monoisotopic (exact) mass is 350 g/mol. The van der Waals surface area contributed by atoms with Gasteiger partial charge in [-0.2, -0.15) is 5.26 Å². The van der Waals surface area contributed by atoms with E-state index in [1.807, 2.05) is 18.2 Å². The molecule has 0 saturated carbocycles. The number of rotatable bonds is 6. The van der Waals surface area contributed by atoms with Crippen molar-refractivity contribution in [1.82, 2.24) is 0 Å². The van der Waals surface area contributed by atoms with Gasteiger partial charge in [-0.1, -0.05) is 39.0 Å². The number of carbonyl (C=O) groups excluding carboxylic acids is 1. The lowest BCUT2D eigenvalue weighted by Gasteiger charge is -2.19. The normalized spacial score (nSPS) is 10.9. The van der Waals surface area contributed by atoms with Crippen molar-refractivity contribution in [2.24, 2.45) is 0 Å². The number of amides is 1. The van der Waals surface area contributed by atoms with Crippen molar-refractivity contribution in [1.29, 1.82) is 5.26 Å². The van der Waals surface area contributed by atoms with Gasteiger partial charge in [0, 0.05) is 19.2 Å². The van der Waals surface area contributed by atoms with Crippen molar-refractivity contribution in [2.75, 3.05) is 18.6 Å². The second-order valence-electron chi connectivity index (χ2n) is 7.34. The summed E-state index contributed by atoms with van der Waals surface area (Å²) in [5.74, 6) is 0.826. The summed E-state index contributed by atoms with van der Waals surface area (Å²) < 4.78 is 5.73. The first-order chi connectivity index (χ1) is 12.3. The fraction of sp³-hybridized carbons (Fsp3) is 0.364. The van der Waals surface area contributed by atoms with Gasteiger partial charge < -0.3 is 9.64 Å². The van der Waals surface area contributed by atoms with Gasteiger partial charge in [0.1, 0.15) is 5.75 Å². The first kappa shape index (κ1) is 19.5. The number of nitrogens with zero attached hydrogens (tertiary/aromatic N) is 2. The van der Waals surface area contributed by atoms with E-state index in [2.05, 4.69) is 39.0 Å². The van der Waals surface area contributed by atoms with Crippen molar-refractivity contribution in [2.45, 2.75) is 39.0 Å². The van der Waals surface area contributed by atoms with Crippen LogP contribution in [-0.4, -0.2) is 19.6 Å². The number of ether oxygens (including phenoxy) is 1. The predicted octanol–water partition coefficient (Wildman–Crippen LogP) is 4.68. The van der Waals surface area contributed by atoms with Gasteiger partial charge in [0.2, 0.25) is 5.91 Å². The molecule has 0 unspecified atom stereocenters. The lowest BCUT2D eigenvalue weighted by Crippen LogP contribution is -2.26. The van der Waals surface area contributed by atoms with E-state index in [0.29, 0.717) is 25.0 Å². The van der Waals surface area contributed by atoms with Crippen LogP contribution in [0.4, 0.5) is 5.69 Å². The van der Waals surface area contributed by atoms with Crippen molar-refractivity contribution in [3.05, 3.63) is 59.7 Å². The van der Waals surface area contributed by atoms with Crippen LogP contribution in [0, 0.1) is 11.3 Å². The molecule has 0 radical (unpaired) electrons. The zero-order valence-corrected chi connectivity index (χ0v) is 16.0. The summed E-state index contributed by atoms with van der Waals surface area (Å²) in [6.07, 6.45) is 1.04. The van der Waals surface area contributed by atoms with Gasteiger partial charge in [0.25, 0.3) is 0 Å². The van der Waals surface area contributed by atoms with Gasteiger partial charge >= 0.3 is 0 Å². The standard InChI is InChI=1S/C22H26N2O2/c1-22(2,3)18-10-12-20(13-11-18)26-14-6-9-21(25)24(4)19-8-5-7-17(15-19)16-23/h5,7-8,10-13,15H,6,9,14H2,1-4H3. The first-order valence-corrected chi connectivity index (χ1v) is 8.81. The number of hydrogen-bond acceptors (Lipinski definition) is 3. The minimum absolute atomic E-state index is 0.00627. The third kappa shape index (κ3) is 5.35. The molecule has 26 heavy (non-hydrogen) atoms. The molecule has 0 saturated heterocycles. The Morgan fingerprint density at radius 2 is 1.85 bits per heavy atom. The van der Waals surface area contributed by atoms with E-state index in [1.165, 1.54) is 5.56 Å². The SMILES string of the molecule is CN(C(=O)CCCOc1ccc(C(C)(C)C)cc1)c1cccc(C#N)c1. The van der Waals surface area contributed by atoms with Gasteiger partial charge in [0.15, 0.2) is 0 Å². The molecule has 2 aromatic carbocycles. The summed E-state index contributed by atoms with van der Waals surface area (Å²) in [7, 11) is 1.73. The van der Waals surface area contributed by atoms with E-state index in [-0.39, 0.29) is 11.3 Å². The maximum absolute atomic E-state index is 12.3. The minimum atomic E-state index is 0.00627. The van der Waals surface area contributed by atoms with Crippen LogP contribution in [0.15, 0.2) is 48.5 Å². The van der Waals surface area contributed by atoms with E-state index in [0.717, 1.165) is 11.4 Å². The molecule has 0 spiro atoms. The zero-order chi connectivity index (χ0) is 19.2. The van der Waals surface area contributed by atoms with Crippen molar-refractivity contribution in [3.63, 3.8) is 0 Å². The van der Waals surface area contributed by atoms with Crippen LogP contribution in [0.25, 0.3) is 0 Å². The Morgan fingerprint density at radius 3 is 2.46 bits per heavy atom. The summed E-state index contributed by atoms with van der Waals surface area (Å²) in [6, 6.07) is 17.2. The second kappa shape index (κ2) is 8.53. The molecule has 136 valence electrons. The molecule has 4 nitrogen and oxygen atoms in total. The molecule has 2 aromatic rings. The van der Waals surface area contributed by atoms with Gasteiger partial charge in [0.05, 0.1) is 18.2 Å². The highest BCUT2D eigenvalue weighted by Crippen LogP contribution is 2.24. The maximum atomic E-state index is 12.3. The third-order valence-electron chi connectivity index (χ3n) is 4.26. The molecule has 0 aliphatic rings. The third-order valence-corrected chi connectivity index (χ3v) is 4.26. The van der Waals surface area contributed by atoms with Crippen molar-refractivity contribution >= 4 is 11.6 Å². The molecule has 2 rings (SSSR count). The highest BCUT2D eigenvalue weighted by atomic mass is 16.5. The van der Waals surface area contributed by atoms with Crippen LogP contribution in [0.1, 0.15) is 44.7 Å². The first-order valence-electron chi connectivity index (χ1n) is 8.81. The summed E-state index contributed by atoms with van der Waals surface area (Å²) in [5.41, 5.74) is 2.66. The van der Waals surface area contributed by atoms with E-state index >= 15 is 0 Å². The Balaban J connectivity index is 1.80. The predicted molar refractivity (Wildman–Crippen MR) is 104 cm³/mol. The summed E-state index contributed by atoms with van der Waals surface area (Å²) in [6.45, 7) is 7.03. The highest BCUT2D eigenvalue weighted by Gasteiger charge is 2.13. The molecule has 0 heterocycles. The van der Waals surface area contributed by atoms with Crippen molar-refractivity contribution in [3.8, 4) is 11.8 Å². The lowest BCUT2D eigenvalue weighted by molar-refractivity contribution is -0.118. The van der Waals surface area contributed by atoms with Gasteiger partial charge in [-0.05, 0) is 47.7 Å². The number of anilines is 1. The van der Waals surface area contributed by atoms with Crippen LogP contribution in [0.3, 0.4) is 0 Å². The second-order valence-corrected chi connectivity index (χ2v) is 7.34. The summed E-state index contributed by atoms with van der Waals surface area (Å²) in [4.78, 5) is 13.9. The molecule has 0 N–H and O–H groups in total. The molecular weight excluding hydrogens is 324 g/mol. The van der Waals surface area contributed by atoms with Crippen LogP contribution in [0.2, 0.25) is 0 Å². The maximum Gasteiger partial charge on any atom is 0.226 e. The topological polar surface area (TPSA) is 53.3 Å². The van der Waals surface area contributed by atoms with Gasteiger partial charge in [-0.25, -0.2) is 0 Å². The van der Waals surface area contributed by atoms with Gasteiger partial charge in [-0.15, -0.1) is 0 Å². The quantitative estimate of drug-likeness (QED) is 0.711. The minimum Gasteiger partial charge on any atom is -0.494 e. The lowest BCUT2D eigenvalue weighted by atomic mass is 9.87. The van der Waals surface area contributed by atoms with Crippen LogP contribution in [-0.2, 0) is 10.2 Å². The number of hydrogen-bond donors (Lipinski definition) is 0. The molecule has 0 aliphatic carbocycles. The van der Waals surface area contributed by atoms with E-state index in [9.17, 15) is 4.79 Å². The Morgan fingerprint density at radius 1 is 1.15 bits per heavy atom. The molecule has 0 aliphatic heterocycles.